The van der Waals surface area contributed by atoms with Crippen molar-refractivity contribution in [2.24, 2.45) is 0 Å². The molecule has 6 nitrogen and oxygen atoms in total. The third-order valence-corrected chi connectivity index (χ3v) is 3.66. The number of aromatic nitrogens is 3. The van der Waals surface area contributed by atoms with E-state index in [0.717, 1.165) is 28.5 Å². The summed E-state index contributed by atoms with van der Waals surface area (Å²) in [6.07, 6.45) is 0. The van der Waals surface area contributed by atoms with E-state index in [9.17, 15) is 4.79 Å². The van der Waals surface area contributed by atoms with E-state index >= 15 is 0 Å². The van der Waals surface area contributed by atoms with Gasteiger partial charge >= 0.3 is 5.97 Å². The molecule has 24 heavy (non-hydrogen) atoms. The number of ether oxygens (including phenoxy) is 1. The van der Waals surface area contributed by atoms with E-state index in [1.807, 2.05) is 54.6 Å². The monoisotopic (exact) mass is 324 g/mol. The molecular formula is C18H20N4O2. The fourth-order valence-corrected chi connectivity index (χ4v) is 2.70. The van der Waals surface area contributed by atoms with Gasteiger partial charge in [-0.2, -0.15) is 0 Å². The zero-order valence-electron chi connectivity index (χ0n) is 14.0. The van der Waals surface area contributed by atoms with Crippen LogP contribution in [-0.2, 0) is 9.53 Å². The fraction of sp³-hybridized carbons (Fsp3) is 0.278. The molecule has 0 aliphatic carbocycles. The molecule has 3 aromatic rings. The third-order valence-electron chi connectivity index (χ3n) is 3.66. The van der Waals surface area contributed by atoms with Gasteiger partial charge in [0.2, 0.25) is 5.78 Å². The number of benzene rings is 1. The molecule has 0 unspecified atom stereocenters. The molecule has 1 N–H and O–H groups in total. The largest absolute Gasteiger partial charge is 0.465 e. The Bertz CT molecular complexity index is 872. The lowest BCUT2D eigenvalue weighted by atomic mass is 10.1. The van der Waals surface area contributed by atoms with Crippen LogP contribution in [0.4, 0.5) is 5.82 Å². The molecular weight excluding hydrogens is 304 g/mol. The summed E-state index contributed by atoms with van der Waals surface area (Å²) in [5, 5.41) is 3.17. The average molecular weight is 324 g/mol. The molecule has 2 aromatic heterocycles. The highest BCUT2D eigenvalue weighted by molar-refractivity contribution is 5.80. The zero-order valence-corrected chi connectivity index (χ0v) is 14.0. The van der Waals surface area contributed by atoms with Gasteiger partial charge in [0, 0.05) is 17.0 Å². The second-order valence-electron chi connectivity index (χ2n) is 5.51. The summed E-state index contributed by atoms with van der Waals surface area (Å²) in [7, 11) is 0. The van der Waals surface area contributed by atoms with E-state index in [4.69, 9.17) is 4.74 Å². The minimum atomic E-state index is -0.302. The lowest BCUT2D eigenvalue weighted by molar-refractivity contribution is -0.140. The number of esters is 1. The Morgan fingerprint density at radius 3 is 2.67 bits per heavy atom. The summed E-state index contributed by atoms with van der Waals surface area (Å²) in [6, 6.07) is 11.8. The van der Waals surface area contributed by atoms with Crippen LogP contribution in [0, 0.1) is 13.8 Å². The number of nitrogens with zero attached hydrogens (tertiary/aromatic N) is 3. The number of hydrogen-bond donors (Lipinski definition) is 1. The number of imidazole rings is 1. The fourth-order valence-electron chi connectivity index (χ4n) is 2.70. The molecule has 0 saturated heterocycles. The van der Waals surface area contributed by atoms with E-state index in [1.54, 1.807) is 6.92 Å². The van der Waals surface area contributed by atoms with Gasteiger partial charge in [-0.05, 0) is 26.8 Å². The van der Waals surface area contributed by atoms with E-state index in [-0.39, 0.29) is 12.5 Å². The Balaban J connectivity index is 2.10. The number of aryl methyl sites for hydroxylation is 2. The van der Waals surface area contributed by atoms with Crippen molar-refractivity contribution in [3.05, 3.63) is 47.8 Å². The highest BCUT2D eigenvalue weighted by Gasteiger charge is 2.17. The molecule has 124 valence electrons. The first-order chi connectivity index (χ1) is 11.6. The summed E-state index contributed by atoms with van der Waals surface area (Å²) < 4.78 is 6.93. The minimum absolute atomic E-state index is 0.0782. The van der Waals surface area contributed by atoms with Gasteiger partial charge in [-0.1, -0.05) is 30.3 Å². The summed E-state index contributed by atoms with van der Waals surface area (Å²) in [6.45, 7) is 6.16. The van der Waals surface area contributed by atoms with Crippen LogP contribution in [-0.4, -0.2) is 33.5 Å². The van der Waals surface area contributed by atoms with Crippen molar-refractivity contribution in [3.8, 4) is 11.3 Å². The lowest BCUT2D eigenvalue weighted by Crippen LogP contribution is -2.18. The van der Waals surface area contributed by atoms with Crippen LogP contribution >= 0.6 is 0 Å². The number of hydrogen-bond acceptors (Lipinski definition) is 5. The van der Waals surface area contributed by atoms with Crippen molar-refractivity contribution in [3.63, 3.8) is 0 Å². The van der Waals surface area contributed by atoms with Crippen molar-refractivity contribution in [1.29, 1.82) is 0 Å². The van der Waals surface area contributed by atoms with Gasteiger partial charge in [-0.25, -0.2) is 9.97 Å². The maximum Gasteiger partial charge on any atom is 0.325 e. The molecule has 0 bridgehead atoms. The van der Waals surface area contributed by atoms with Crippen LogP contribution in [0.25, 0.3) is 17.0 Å². The quantitative estimate of drug-likeness (QED) is 0.731. The Morgan fingerprint density at radius 1 is 1.21 bits per heavy atom. The number of fused-ring (bicyclic) bond motifs is 1. The van der Waals surface area contributed by atoms with Crippen molar-refractivity contribution in [1.82, 2.24) is 14.4 Å². The van der Waals surface area contributed by atoms with Crippen molar-refractivity contribution >= 4 is 17.6 Å². The van der Waals surface area contributed by atoms with Crippen LogP contribution in [0.1, 0.15) is 18.3 Å². The van der Waals surface area contributed by atoms with Crippen LogP contribution in [0.5, 0.6) is 0 Å². The summed E-state index contributed by atoms with van der Waals surface area (Å²) >= 11 is 0. The molecule has 1 aromatic carbocycles. The molecule has 0 atom stereocenters. The highest BCUT2D eigenvalue weighted by Crippen LogP contribution is 2.29. The number of carbonyl (C=O) groups is 1. The molecule has 6 heteroatoms. The van der Waals surface area contributed by atoms with Crippen LogP contribution < -0.4 is 5.32 Å². The predicted octanol–water partition coefficient (Wildman–Crippen LogP) is 2.99. The predicted molar refractivity (Wildman–Crippen MR) is 93.0 cm³/mol. The van der Waals surface area contributed by atoms with Gasteiger partial charge in [0.15, 0.2) is 0 Å². The van der Waals surface area contributed by atoms with Gasteiger partial charge in [-0.15, -0.1) is 0 Å². The van der Waals surface area contributed by atoms with E-state index < -0.39 is 0 Å². The van der Waals surface area contributed by atoms with Crippen molar-refractivity contribution < 1.29 is 9.53 Å². The van der Waals surface area contributed by atoms with Gasteiger partial charge in [0.25, 0.3) is 0 Å². The molecule has 3 rings (SSSR count). The van der Waals surface area contributed by atoms with Gasteiger partial charge in [0.1, 0.15) is 18.1 Å². The van der Waals surface area contributed by atoms with Crippen LogP contribution in [0.3, 0.4) is 0 Å². The Hall–Kier alpha value is -2.89. The molecule has 0 spiro atoms. The van der Waals surface area contributed by atoms with Crippen molar-refractivity contribution in [2.45, 2.75) is 20.8 Å². The first kappa shape index (κ1) is 16.0. The molecule has 2 heterocycles. The maximum absolute atomic E-state index is 11.7. The Morgan fingerprint density at radius 2 is 1.96 bits per heavy atom. The Labute approximate surface area is 140 Å². The molecule has 0 amide bonds. The summed E-state index contributed by atoms with van der Waals surface area (Å²) in [4.78, 5) is 20.9. The highest BCUT2D eigenvalue weighted by atomic mass is 16.5. The molecule has 0 fully saturated rings. The van der Waals surface area contributed by atoms with E-state index in [1.165, 1.54) is 0 Å². The smallest absolute Gasteiger partial charge is 0.325 e. The standard InChI is InChI=1S/C18H20N4O2/c1-4-24-15(23)11-19-17-16(14-8-6-5-7-9-14)21-18-20-12(2)10-13(3)22(17)18/h5-10,19H,4,11H2,1-3H3. The second-order valence-corrected chi connectivity index (χ2v) is 5.51. The first-order valence-electron chi connectivity index (χ1n) is 7.91. The zero-order chi connectivity index (χ0) is 17.1. The number of carbonyl (C=O) groups excluding carboxylic acids is 1. The van der Waals surface area contributed by atoms with Gasteiger partial charge in [-0.3, -0.25) is 9.20 Å². The van der Waals surface area contributed by atoms with Crippen LogP contribution in [0.15, 0.2) is 36.4 Å². The molecule has 0 aliphatic heterocycles. The summed E-state index contributed by atoms with van der Waals surface area (Å²) in [5.41, 5.74) is 3.63. The normalized spacial score (nSPS) is 10.8. The average Bonchev–Trinajstić information content (AvgIpc) is 2.92. The number of anilines is 1. The van der Waals surface area contributed by atoms with Gasteiger partial charge < -0.3 is 10.1 Å². The maximum atomic E-state index is 11.7. The number of rotatable bonds is 5. The third kappa shape index (κ3) is 3.08. The van der Waals surface area contributed by atoms with Crippen LogP contribution in [0.2, 0.25) is 0 Å². The molecule has 0 radical (unpaired) electrons. The molecule has 0 aliphatic rings. The van der Waals surface area contributed by atoms with Crippen molar-refractivity contribution in [2.75, 3.05) is 18.5 Å². The van der Waals surface area contributed by atoms with Gasteiger partial charge in [0.05, 0.1) is 6.61 Å². The van der Waals surface area contributed by atoms with E-state index in [2.05, 4.69) is 15.3 Å². The number of nitrogens with one attached hydrogen (secondary N) is 1. The topological polar surface area (TPSA) is 68.5 Å². The SMILES string of the molecule is CCOC(=O)CNc1c(-c2ccccc2)nc2nc(C)cc(C)n12. The summed E-state index contributed by atoms with van der Waals surface area (Å²) in [5.74, 6) is 1.05. The molecule has 0 saturated carbocycles. The van der Waals surface area contributed by atoms with E-state index in [0.29, 0.717) is 12.4 Å². The second kappa shape index (κ2) is 6.70. The minimum Gasteiger partial charge on any atom is -0.465 e. The Kier molecular flexibility index (Phi) is 4.46. The lowest BCUT2D eigenvalue weighted by Gasteiger charge is -2.10. The first-order valence-corrected chi connectivity index (χ1v) is 7.91.